The van der Waals surface area contributed by atoms with Gasteiger partial charge in [0.05, 0.1) is 0 Å². The fraction of sp³-hybridized carbons (Fsp3) is 0.429. The molecule has 0 saturated carbocycles. The maximum atomic E-state index is 10.7. The summed E-state index contributed by atoms with van der Waals surface area (Å²) in [5.41, 5.74) is 0. The van der Waals surface area contributed by atoms with E-state index in [1.807, 2.05) is 5.32 Å². The molecule has 0 spiro atoms. The zero-order valence-electron chi connectivity index (χ0n) is 7.90. The molecule has 3 N–H and O–H groups in total. The van der Waals surface area contributed by atoms with Crippen LogP contribution in [0.3, 0.4) is 0 Å². The van der Waals surface area contributed by atoms with Crippen molar-refractivity contribution < 1.29 is 29.1 Å². The quantitative estimate of drug-likeness (QED) is 0.456. The van der Waals surface area contributed by atoms with Crippen molar-refractivity contribution in [3.05, 3.63) is 0 Å². The Kier molecular flexibility index (Phi) is 10.1. The lowest BCUT2D eigenvalue weighted by Crippen LogP contribution is -2.33. The van der Waals surface area contributed by atoms with E-state index in [0.29, 0.717) is 0 Å². The summed E-state index contributed by atoms with van der Waals surface area (Å²) >= 11 is 0. The summed E-state index contributed by atoms with van der Waals surface area (Å²) in [6, 6.07) is 0. The highest BCUT2D eigenvalue weighted by atomic mass is 16.4. The summed E-state index contributed by atoms with van der Waals surface area (Å²) in [4.78, 5) is 47.4. The average molecular weight is 218 g/mol. The van der Waals surface area contributed by atoms with Gasteiger partial charge in [0.25, 0.3) is 0 Å². The highest BCUT2D eigenvalue weighted by molar-refractivity contribution is 5.97. The standard InChI is InChI=1S/C6H10N2O4.CO2/c1-7-4(9)2-5(10)8-3-6(11)12;2-1-3/h2-3H2,1H3,(H,7,9)(H,8,10)(H,11,12);. The van der Waals surface area contributed by atoms with E-state index in [9.17, 15) is 14.4 Å². The number of carboxylic acid groups (broad SMARTS) is 1. The molecule has 0 aromatic carbocycles. The summed E-state index contributed by atoms with van der Waals surface area (Å²) in [6.07, 6.45) is -0.0935. The molecule has 0 aliphatic heterocycles. The monoisotopic (exact) mass is 218 g/mol. The Balaban J connectivity index is 0. The van der Waals surface area contributed by atoms with E-state index in [4.69, 9.17) is 14.7 Å². The lowest BCUT2D eigenvalue weighted by Gasteiger charge is -2.00. The first-order valence-corrected chi connectivity index (χ1v) is 3.66. The van der Waals surface area contributed by atoms with Gasteiger partial charge in [0.15, 0.2) is 0 Å². The SMILES string of the molecule is CNC(=O)CC(=O)NCC(=O)O.O=C=O. The van der Waals surface area contributed by atoms with Gasteiger partial charge in [0.2, 0.25) is 11.8 Å². The van der Waals surface area contributed by atoms with Gasteiger partial charge in [-0.1, -0.05) is 0 Å². The van der Waals surface area contributed by atoms with Gasteiger partial charge in [0.1, 0.15) is 13.0 Å². The van der Waals surface area contributed by atoms with Gasteiger partial charge in [-0.25, -0.2) is 0 Å². The molecule has 8 nitrogen and oxygen atoms in total. The van der Waals surface area contributed by atoms with Crippen LogP contribution in [0.2, 0.25) is 0 Å². The molecule has 0 saturated heterocycles. The molecule has 0 rings (SSSR count). The Labute approximate surface area is 84.6 Å². The maximum Gasteiger partial charge on any atom is 0.373 e. The molecular formula is C7H10N2O6. The molecule has 0 aliphatic rings. The second-order valence-corrected chi connectivity index (χ2v) is 2.10. The molecule has 0 aliphatic carbocycles. The molecule has 0 radical (unpaired) electrons. The summed E-state index contributed by atoms with van der Waals surface area (Å²) in [7, 11) is 1.40. The minimum Gasteiger partial charge on any atom is -0.480 e. The van der Waals surface area contributed by atoms with Crippen molar-refractivity contribution in [3.8, 4) is 0 Å². The van der Waals surface area contributed by atoms with E-state index in [1.165, 1.54) is 7.05 Å². The van der Waals surface area contributed by atoms with E-state index in [1.54, 1.807) is 0 Å². The first-order chi connectivity index (χ1) is 6.97. The topological polar surface area (TPSA) is 130 Å². The van der Waals surface area contributed by atoms with E-state index in [-0.39, 0.29) is 12.6 Å². The highest BCUT2D eigenvalue weighted by Gasteiger charge is 2.07. The lowest BCUT2D eigenvalue weighted by molar-refractivity contribution is -0.191. The van der Waals surface area contributed by atoms with Gasteiger partial charge >= 0.3 is 12.1 Å². The van der Waals surface area contributed by atoms with Crippen molar-refractivity contribution in [1.29, 1.82) is 0 Å². The number of carbonyl (C=O) groups is 3. The number of aliphatic carboxylic acids is 1. The molecular weight excluding hydrogens is 208 g/mol. The van der Waals surface area contributed by atoms with Crippen LogP contribution in [0.25, 0.3) is 0 Å². The summed E-state index contributed by atoms with van der Waals surface area (Å²) in [5.74, 6) is -2.19. The first-order valence-electron chi connectivity index (χ1n) is 3.66. The van der Waals surface area contributed by atoms with Crippen LogP contribution in [0.4, 0.5) is 0 Å². The Morgan fingerprint density at radius 2 is 1.67 bits per heavy atom. The Hall–Kier alpha value is -2.21. The summed E-state index contributed by atoms with van der Waals surface area (Å²) in [5, 5.41) is 12.4. The van der Waals surface area contributed by atoms with E-state index >= 15 is 0 Å². The maximum absolute atomic E-state index is 10.7. The third-order valence-corrected chi connectivity index (χ3v) is 1.04. The van der Waals surface area contributed by atoms with Gasteiger partial charge < -0.3 is 15.7 Å². The largest absolute Gasteiger partial charge is 0.480 e. The van der Waals surface area contributed by atoms with Crippen LogP contribution in [-0.2, 0) is 24.0 Å². The second kappa shape index (κ2) is 9.87. The van der Waals surface area contributed by atoms with Crippen molar-refractivity contribution in [3.63, 3.8) is 0 Å². The van der Waals surface area contributed by atoms with Crippen molar-refractivity contribution >= 4 is 23.9 Å². The molecule has 15 heavy (non-hydrogen) atoms. The average Bonchev–Trinajstić information content (AvgIpc) is 2.16. The molecule has 0 aromatic rings. The Bertz CT molecular complexity index is 269. The molecule has 0 unspecified atom stereocenters. The van der Waals surface area contributed by atoms with Crippen molar-refractivity contribution in [2.75, 3.05) is 13.6 Å². The molecule has 0 fully saturated rings. The normalized spacial score (nSPS) is 7.53. The first kappa shape index (κ1) is 15.3. The molecule has 0 bridgehead atoms. The van der Waals surface area contributed by atoms with E-state index in [2.05, 4.69) is 5.32 Å². The van der Waals surface area contributed by atoms with Gasteiger partial charge in [-0.3, -0.25) is 14.4 Å². The van der Waals surface area contributed by atoms with Crippen LogP contribution in [0, 0.1) is 0 Å². The van der Waals surface area contributed by atoms with Crippen LogP contribution < -0.4 is 10.6 Å². The third-order valence-electron chi connectivity index (χ3n) is 1.04. The molecule has 0 atom stereocenters. The van der Waals surface area contributed by atoms with E-state index in [0.717, 1.165) is 0 Å². The molecule has 8 heteroatoms. The van der Waals surface area contributed by atoms with Crippen LogP contribution in [0.5, 0.6) is 0 Å². The smallest absolute Gasteiger partial charge is 0.373 e. The molecule has 0 aromatic heterocycles. The third kappa shape index (κ3) is 14.6. The van der Waals surface area contributed by atoms with Crippen LogP contribution >= 0.6 is 0 Å². The highest BCUT2D eigenvalue weighted by Crippen LogP contribution is 1.78. The number of rotatable bonds is 4. The van der Waals surface area contributed by atoms with Gasteiger partial charge in [-0.05, 0) is 0 Å². The van der Waals surface area contributed by atoms with Gasteiger partial charge in [-0.15, -0.1) is 0 Å². The zero-order chi connectivity index (χ0) is 12.3. The van der Waals surface area contributed by atoms with Gasteiger partial charge in [-0.2, -0.15) is 9.59 Å². The number of carbonyl (C=O) groups excluding carboxylic acids is 4. The Morgan fingerprint density at radius 1 is 1.20 bits per heavy atom. The number of hydrogen-bond donors (Lipinski definition) is 3. The predicted molar refractivity (Wildman–Crippen MR) is 44.3 cm³/mol. The summed E-state index contributed by atoms with van der Waals surface area (Å²) in [6.45, 7) is -0.462. The number of hydrogen-bond acceptors (Lipinski definition) is 5. The fourth-order valence-electron chi connectivity index (χ4n) is 0.471. The number of amides is 2. The second-order valence-electron chi connectivity index (χ2n) is 2.10. The predicted octanol–water partition coefficient (Wildman–Crippen LogP) is -2.26. The minimum absolute atomic E-state index is 0.250. The van der Waals surface area contributed by atoms with Crippen LogP contribution in [0.1, 0.15) is 6.42 Å². The lowest BCUT2D eigenvalue weighted by atomic mass is 10.4. The molecule has 2 amide bonds. The van der Waals surface area contributed by atoms with Crippen molar-refractivity contribution in [2.45, 2.75) is 6.42 Å². The summed E-state index contributed by atoms with van der Waals surface area (Å²) < 4.78 is 0. The van der Waals surface area contributed by atoms with Crippen molar-refractivity contribution in [1.82, 2.24) is 10.6 Å². The van der Waals surface area contributed by atoms with Crippen LogP contribution in [0.15, 0.2) is 0 Å². The molecule has 0 heterocycles. The van der Waals surface area contributed by atoms with E-state index < -0.39 is 24.3 Å². The minimum atomic E-state index is -1.14. The van der Waals surface area contributed by atoms with Gasteiger partial charge in [0, 0.05) is 7.05 Å². The Morgan fingerprint density at radius 3 is 2.00 bits per heavy atom. The zero-order valence-corrected chi connectivity index (χ0v) is 7.90. The molecule has 84 valence electrons. The number of nitrogens with one attached hydrogen (secondary N) is 2. The fourth-order valence-corrected chi connectivity index (χ4v) is 0.471. The van der Waals surface area contributed by atoms with Crippen molar-refractivity contribution in [2.24, 2.45) is 0 Å². The number of carboxylic acids is 1. The van der Waals surface area contributed by atoms with Crippen LogP contribution in [-0.4, -0.2) is 42.6 Å².